The molecule has 0 aromatic rings. The van der Waals surface area contributed by atoms with Crippen molar-refractivity contribution in [3.8, 4) is 0 Å². The highest BCUT2D eigenvalue weighted by Crippen LogP contribution is 2.38. The molecule has 0 N–H and O–H groups in total. The topological polar surface area (TPSA) is 111 Å². The largest absolute Gasteiger partial charge is 0.756 e. The lowest BCUT2D eigenvalue weighted by Gasteiger charge is -2.28. The maximum Gasteiger partial charge on any atom is 0.306 e. The molecule has 0 rings (SSSR count). The summed E-state index contributed by atoms with van der Waals surface area (Å²) in [6.45, 7) is 4.18. The number of esters is 2. The molecule has 0 amide bonds. The minimum absolute atomic E-state index is 0.0335. The van der Waals surface area contributed by atoms with Gasteiger partial charge in [-0.05, 0) is 25.7 Å². The summed E-state index contributed by atoms with van der Waals surface area (Å²) in [6, 6.07) is 0. The molecule has 0 aliphatic heterocycles. The number of unbranched alkanes of at least 4 members (excludes halogenated alkanes) is 21. The van der Waals surface area contributed by atoms with Crippen molar-refractivity contribution in [3.63, 3.8) is 0 Å². The summed E-state index contributed by atoms with van der Waals surface area (Å²) < 4.78 is 33.7. The zero-order valence-corrected chi connectivity index (χ0v) is 34.0. The van der Waals surface area contributed by atoms with E-state index in [-0.39, 0.29) is 26.1 Å². The molecule has 10 heteroatoms. The molecular weight excluding hydrogens is 653 g/mol. The first kappa shape index (κ1) is 48.8. The van der Waals surface area contributed by atoms with Crippen LogP contribution in [0.25, 0.3) is 0 Å². The van der Waals surface area contributed by atoms with Gasteiger partial charge in [-0.1, -0.05) is 154 Å². The van der Waals surface area contributed by atoms with Gasteiger partial charge in [0.15, 0.2) is 6.10 Å². The van der Waals surface area contributed by atoms with Gasteiger partial charge in [-0.25, -0.2) is 0 Å². The van der Waals surface area contributed by atoms with Crippen molar-refractivity contribution in [1.29, 1.82) is 0 Å². The van der Waals surface area contributed by atoms with E-state index >= 15 is 0 Å². The van der Waals surface area contributed by atoms with E-state index in [0.29, 0.717) is 17.4 Å². The third-order valence-corrected chi connectivity index (χ3v) is 9.76. The van der Waals surface area contributed by atoms with Crippen LogP contribution in [-0.2, 0) is 32.7 Å². The molecule has 296 valence electrons. The van der Waals surface area contributed by atoms with Crippen LogP contribution in [0.15, 0.2) is 12.2 Å². The standard InChI is InChI=1S/C40H78NO8P/c1-6-8-10-12-14-16-18-19-20-21-23-25-27-29-31-33-40(43)49-38(37-48-50(44,45)47-35-34-41(3,4)5)36-46-39(42)32-30-28-26-24-22-17-15-13-11-9-7-2/h27,29,38H,6-26,28,30-37H2,1-5H3/b29-27+/t38-/m1/s1. The van der Waals surface area contributed by atoms with Gasteiger partial charge in [0.05, 0.1) is 27.7 Å². The Bertz CT molecular complexity index is 876. The molecule has 0 aromatic carbocycles. The first-order chi connectivity index (χ1) is 24.0. The van der Waals surface area contributed by atoms with E-state index in [1.54, 1.807) is 0 Å². The lowest BCUT2D eigenvalue weighted by molar-refractivity contribution is -0.870. The number of phosphoric acid groups is 1. The van der Waals surface area contributed by atoms with Crippen molar-refractivity contribution in [2.75, 3.05) is 47.5 Å². The third kappa shape index (κ3) is 36.5. The van der Waals surface area contributed by atoms with Crippen molar-refractivity contribution < 1.29 is 42.1 Å². The molecule has 0 bridgehead atoms. The Hall–Kier alpha value is -1.25. The van der Waals surface area contributed by atoms with Gasteiger partial charge in [-0.2, -0.15) is 0 Å². The smallest absolute Gasteiger partial charge is 0.306 e. The van der Waals surface area contributed by atoms with Crippen LogP contribution in [0, 0.1) is 0 Å². The molecule has 2 atom stereocenters. The van der Waals surface area contributed by atoms with Crippen molar-refractivity contribution in [2.45, 2.75) is 187 Å². The second-order valence-electron chi connectivity index (χ2n) is 15.0. The van der Waals surface area contributed by atoms with Gasteiger partial charge in [0, 0.05) is 12.8 Å². The average molecular weight is 732 g/mol. The number of allylic oxidation sites excluding steroid dienone is 2. The summed E-state index contributed by atoms with van der Waals surface area (Å²) in [5.41, 5.74) is 0. The van der Waals surface area contributed by atoms with Crippen LogP contribution in [0.2, 0.25) is 0 Å². The second kappa shape index (κ2) is 33.6. The van der Waals surface area contributed by atoms with Crippen molar-refractivity contribution in [3.05, 3.63) is 12.2 Å². The van der Waals surface area contributed by atoms with Gasteiger partial charge in [-0.15, -0.1) is 0 Å². The molecule has 0 aliphatic rings. The third-order valence-electron chi connectivity index (χ3n) is 8.80. The number of hydrogen-bond donors (Lipinski definition) is 0. The minimum Gasteiger partial charge on any atom is -0.756 e. The summed E-state index contributed by atoms with van der Waals surface area (Å²) in [6.07, 6.45) is 32.5. The Kier molecular flexibility index (Phi) is 32.7. The van der Waals surface area contributed by atoms with E-state index < -0.39 is 32.5 Å². The Morgan fingerprint density at radius 1 is 0.600 bits per heavy atom. The van der Waals surface area contributed by atoms with E-state index in [1.807, 2.05) is 27.2 Å². The summed E-state index contributed by atoms with van der Waals surface area (Å²) in [5.74, 6) is -0.886. The van der Waals surface area contributed by atoms with Crippen LogP contribution in [0.1, 0.15) is 181 Å². The highest BCUT2D eigenvalue weighted by molar-refractivity contribution is 7.45. The molecular formula is C40H78NO8P. The second-order valence-corrected chi connectivity index (χ2v) is 16.4. The molecule has 0 fully saturated rings. The quantitative estimate of drug-likeness (QED) is 0.0204. The summed E-state index contributed by atoms with van der Waals surface area (Å²) in [5, 5.41) is 0. The number of ether oxygens (including phenoxy) is 2. The summed E-state index contributed by atoms with van der Waals surface area (Å²) in [4.78, 5) is 37.3. The lowest BCUT2D eigenvalue weighted by Crippen LogP contribution is -2.37. The normalized spacial score (nSPS) is 13.8. The number of carbonyl (C=O) groups excluding carboxylic acids is 2. The van der Waals surface area contributed by atoms with Crippen LogP contribution in [0.5, 0.6) is 0 Å². The van der Waals surface area contributed by atoms with E-state index in [0.717, 1.165) is 32.1 Å². The van der Waals surface area contributed by atoms with E-state index in [9.17, 15) is 19.0 Å². The number of likely N-dealkylation sites (N-methyl/N-ethyl adjacent to an activating group) is 1. The number of quaternary nitrogens is 1. The molecule has 9 nitrogen and oxygen atoms in total. The Labute approximate surface area is 307 Å². The Balaban J connectivity index is 4.43. The van der Waals surface area contributed by atoms with Crippen molar-refractivity contribution >= 4 is 19.8 Å². The van der Waals surface area contributed by atoms with Gasteiger partial charge >= 0.3 is 11.9 Å². The van der Waals surface area contributed by atoms with Gasteiger partial charge in [0.1, 0.15) is 19.8 Å². The van der Waals surface area contributed by atoms with Crippen LogP contribution >= 0.6 is 7.82 Å². The van der Waals surface area contributed by atoms with Gasteiger partial charge in [0.2, 0.25) is 0 Å². The highest BCUT2D eigenvalue weighted by atomic mass is 31.2. The molecule has 0 saturated heterocycles. The van der Waals surface area contributed by atoms with Crippen LogP contribution < -0.4 is 4.89 Å². The van der Waals surface area contributed by atoms with Crippen molar-refractivity contribution in [1.82, 2.24) is 0 Å². The number of phosphoric ester groups is 1. The predicted molar refractivity (Wildman–Crippen MR) is 204 cm³/mol. The molecule has 50 heavy (non-hydrogen) atoms. The first-order valence-corrected chi connectivity index (χ1v) is 21.9. The molecule has 0 heterocycles. The number of rotatable bonds is 37. The zero-order chi connectivity index (χ0) is 37.2. The fraction of sp³-hybridized carbons (Fsp3) is 0.900. The van der Waals surface area contributed by atoms with Crippen LogP contribution in [0.4, 0.5) is 0 Å². The monoisotopic (exact) mass is 732 g/mol. The molecule has 1 unspecified atom stereocenters. The number of hydrogen-bond acceptors (Lipinski definition) is 8. The molecule has 0 aromatic heterocycles. The van der Waals surface area contributed by atoms with Crippen LogP contribution in [-0.4, -0.2) is 70.0 Å². The van der Waals surface area contributed by atoms with E-state index in [4.69, 9.17) is 18.5 Å². The van der Waals surface area contributed by atoms with Gasteiger partial charge in [0.25, 0.3) is 7.82 Å². The Morgan fingerprint density at radius 3 is 1.56 bits per heavy atom. The SMILES string of the molecule is CCCCCCCCCCCCC/C=C/CCC(=O)O[C@H](COC(=O)CCCCCCCCCCCCC)COP(=O)([O-])OCC[N+](C)(C)C. The molecule has 0 aliphatic carbocycles. The van der Waals surface area contributed by atoms with Crippen LogP contribution in [0.3, 0.4) is 0 Å². The lowest BCUT2D eigenvalue weighted by atomic mass is 10.1. The van der Waals surface area contributed by atoms with E-state index in [1.165, 1.54) is 116 Å². The Morgan fingerprint density at radius 2 is 1.06 bits per heavy atom. The fourth-order valence-electron chi connectivity index (χ4n) is 5.55. The predicted octanol–water partition coefficient (Wildman–Crippen LogP) is 10.4. The fourth-order valence-corrected chi connectivity index (χ4v) is 6.28. The minimum atomic E-state index is -4.62. The van der Waals surface area contributed by atoms with Gasteiger partial charge < -0.3 is 27.9 Å². The maximum absolute atomic E-state index is 12.6. The zero-order valence-electron chi connectivity index (χ0n) is 33.1. The number of carbonyl (C=O) groups is 2. The average Bonchev–Trinajstić information content (AvgIpc) is 3.06. The number of nitrogens with zero attached hydrogens (tertiary/aromatic N) is 1. The summed E-state index contributed by atoms with van der Waals surface area (Å²) >= 11 is 0. The molecule has 0 radical (unpaired) electrons. The van der Waals surface area contributed by atoms with E-state index in [2.05, 4.69) is 19.9 Å². The first-order valence-electron chi connectivity index (χ1n) is 20.4. The molecule has 0 saturated carbocycles. The maximum atomic E-state index is 12.6. The molecule has 0 spiro atoms. The van der Waals surface area contributed by atoms with Gasteiger partial charge in [-0.3, -0.25) is 14.2 Å². The highest BCUT2D eigenvalue weighted by Gasteiger charge is 2.21. The summed E-state index contributed by atoms with van der Waals surface area (Å²) in [7, 11) is 1.15. The van der Waals surface area contributed by atoms with Crippen molar-refractivity contribution in [2.24, 2.45) is 0 Å².